The quantitative estimate of drug-likeness (QED) is 0.725. The highest BCUT2D eigenvalue weighted by atomic mass is 16.5. The van der Waals surface area contributed by atoms with E-state index in [9.17, 15) is 9.59 Å². The molecule has 1 aliphatic heterocycles. The van der Waals surface area contributed by atoms with E-state index in [1.165, 1.54) is 6.42 Å². The molecule has 160 valence electrons. The van der Waals surface area contributed by atoms with Crippen LogP contribution in [0.25, 0.3) is 0 Å². The van der Waals surface area contributed by atoms with Crippen LogP contribution >= 0.6 is 0 Å². The highest BCUT2D eigenvalue weighted by Gasteiger charge is 2.32. The highest BCUT2D eigenvalue weighted by Crippen LogP contribution is 2.30. The van der Waals surface area contributed by atoms with Gasteiger partial charge < -0.3 is 15.4 Å². The molecule has 0 radical (unpaired) electrons. The van der Waals surface area contributed by atoms with Gasteiger partial charge in [0.1, 0.15) is 11.4 Å². The van der Waals surface area contributed by atoms with Crippen molar-refractivity contribution in [3.8, 4) is 11.8 Å². The second-order valence-electron chi connectivity index (χ2n) is 8.53. The molecular weight excluding hydrogens is 380 g/mol. The predicted molar refractivity (Wildman–Crippen MR) is 114 cm³/mol. The minimum absolute atomic E-state index is 0.0318. The van der Waals surface area contributed by atoms with Gasteiger partial charge in [-0.15, -0.1) is 0 Å². The molecule has 0 bridgehead atoms. The molecule has 3 fully saturated rings. The molecule has 7 heteroatoms. The molecule has 2 amide bonds. The molecule has 30 heavy (non-hydrogen) atoms. The first-order chi connectivity index (χ1) is 14.6. The first-order valence-corrected chi connectivity index (χ1v) is 11.0. The fourth-order valence-electron chi connectivity index (χ4n) is 4.01. The Kier molecular flexibility index (Phi) is 6.66. The number of carbonyl (C=O) groups excluding carboxylic acids is 2. The molecule has 2 N–H and O–H groups in total. The summed E-state index contributed by atoms with van der Waals surface area (Å²) in [6.45, 7) is 3.34. The van der Waals surface area contributed by atoms with Crippen LogP contribution in [-0.4, -0.2) is 60.1 Å². The summed E-state index contributed by atoms with van der Waals surface area (Å²) in [4.78, 5) is 31.0. The standard InChI is InChI=1S/C23H30N4O3/c28-21(17-27-12-14-30-15-13-27)26-23(9-2-1-3-10-23)11-8-18-4-7-20(24-16-18)25-22(29)19-5-6-19/h4,7,16,19H,1-3,5-6,9-10,12-15,17H2,(H,26,28)(H,24,25,29). The Morgan fingerprint density at radius 1 is 1.17 bits per heavy atom. The summed E-state index contributed by atoms with van der Waals surface area (Å²) in [6.07, 6.45) is 8.67. The molecule has 4 rings (SSSR count). The molecule has 0 atom stereocenters. The second kappa shape index (κ2) is 9.59. The van der Waals surface area contributed by atoms with Crippen LogP contribution < -0.4 is 10.6 Å². The maximum atomic E-state index is 12.7. The third-order valence-electron chi connectivity index (χ3n) is 5.97. The van der Waals surface area contributed by atoms with Gasteiger partial charge in [0, 0.05) is 30.8 Å². The summed E-state index contributed by atoms with van der Waals surface area (Å²) >= 11 is 0. The number of nitrogens with zero attached hydrogens (tertiary/aromatic N) is 2. The van der Waals surface area contributed by atoms with Gasteiger partial charge >= 0.3 is 0 Å². The minimum atomic E-state index is -0.472. The van der Waals surface area contributed by atoms with Crippen LogP contribution in [0.4, 0.5) is 5.82 Å². The molecule has 1 aromatic rings. The largest absolute Gasteiger partial charge is 0.379 e. The summed E-state index contributed by atoms with van der Waals surface area (Å²) in [5.74, 6) is 7.35. The summed E-state index contributed by atoms with van der Waals surface area (Å²) in [6, 6.07) is 3.66. The molecule has 1 saturated heterocycles. The van der Waals surface area contributed by atoms with Gasteiger partial charge in [-0.1, -0.05) is 31.1 Å². The minimum Gasteiger partial charge on any atom is -0.379 e. The van der Waals surface area contributed by atoms with Crippen molar-refractivity contribution in [1.82, 2.24) is 15.2 Å². The fraction of sp³-hybridized carbons (Fsp3) is 0.609. The van der Waals surface area contributed by atoms with E-state index in [0.29, 0.717) is 25.6 Å². The zero-order chi connectivity index (χ0) is 20.8. The van der Waals surface area contributed by atoms with Crippen LogP contribution in [0, 0.1) is 17.8 Å². The van der Waals surface area contributed by atoms with E-state index in [0.717, 1.165) is 57.2 Å². The number of nitrogens with one attached hydrogen (secondary N) is 2. The molecule has 3 aliphatic rings. The van der Waals surface area contributed by atoms with Crippen LogP contribution in [0.3, 0.4) is 0 Å². The number of carbonyl (C=O) groups is 2. The van der Waals surface area contributed by atoms with E-state index < -0.39 is 5.54 Å². The van der Waals surface area contributed by atoms with Gasteiger partial charge in [-0.3, -0.25) is 14.5 Å². The van der Waals surface area contributed by atoms with Crippen molar-refractivity contribution in [2.24, 2.45) is 5.92 Å². The number of amides is 2. The average molecular weight is 411 g/mol. The van der Waals surface area contributed by atoms with Crippen LogP contribution in [0.2, 0.25) is 0 Å². The Bertz CT molecular complexity index is 811. The molecule has 0 spiro atoms. The van der Waals surface area contributed by atoms with Crippen molar-refractivity contribution < 1.29 is 14.3 Å². The lowest BCUT2D eigenvalue weighted by Crippen LogP contribution is -2.52. The number of pyridine rings is 1. The van der Waals surface area contributed by atoms with Gasteiger partial charge in [-0.2, -0.15) is 0 Å². The Hall–Kier alpha value is -2.43. The van der Waals surface area contributed by atoms with Gasteiger partial charge in [0.15, 0.2) is 0 Å². The molecule has 0 aromatic carbocycles. The third kappa shape index (κ3) is 5.80. The van der Waals surface area contributed by atoms with E-state index in [4.69, 9.17) is 4.74 Å². The number of anilines is 1. The van der Waals surface area contributed by atoms with Gasteiger partial charge in [0.05, 0.1) is 19.8 Å². The first-order valence-electron chi connectivity index (χ1n) is 11.0. The van der Waals surface area contributed by atoms with E-state index in [1.807, 2.05) is 6.07 Å². The van der Waals surface area contributed by atoms with Crippen molar-refractivity contribution in [2.75, 3.05) is 38.2 Å². The number of hydrogen-bond acceptors (Lipinski definition) is 5. The van der Waals surface area contributed by atoms with E-state index in [1.54, 1.807) is 12.3 Å². The number of hydrogen-bond donors (Lipinski definition) is 2. The van der Waals surface area contributed by atoms with Crippen LogP contribution in [0.5, 0.6) is 0 Å². The number of rotatable bonds is 5. The summed E-state index contributed by atoms with van der Waals surface area (Å²) in [7, 11) is 0. The molecule has 0 unspecified atom stereocenters. The summed E-state index contributed by atoms with van der Waals surface area (Å²) in [5.41, 5.74) is 0.312. The lowest BCUT2D eigenvalue weighted by Gasteiger charge is -2.35. The predicted octanol–water partition coefficient (Wildman–Crippen LogP) is 1.93. The Balaban J connectivity index is 1.39. The van der Waals surface area contributed by atoms with Crippen LogP contribution in [-0.2, 0) is 14.3 Å². The molecule has 1 aromatic heterocycles. The van der Waals surface area contributed by atoms with Crippen molar-refractivity contribution in [2.45, 2.75) is 50.5 Å². The SMILES string of the molecule is O=C(CN1CCOCC1)NC1(C#Cc2ccc(NC(=O)C3CC3)nc2)CCCCC1. The fourth-order valence-corrected chi connectivity index (χ4v) is 4.01. The summed E-state index contributed by atoms with van der Waals surface area (Å²) < 4.78 is 5.36. The lowest BCUT2D eigenvalue weighted by molar-refractivity contribution is -0.125. The Labute approximate surface area is 177 Å². The number of morpholine rings is 1. The van der Waals surface area contributed by atoms with Crippen LogP contribution in [0.1, 0.15) is 50.5 Å². The van der Waals surface area contributed by atoms with Crippen molar-refractivity contribution in [3.63, 3.8) is 0 Å². The lowest BCUT2D eigenvalue weighted by atomic mass is 9.82. The molecule has 2 aliphatic carbocycles. The number of ether oxygens (including phenoxy) is 1. The maximum Gasteiger partial charge on any atom is 0.235 e. The second-order valence-corrected chi connectivity index (χ2v) is 8.53. The van der Waals surface area contributed by atoms with E-state index >= 15 is 0 Å². The average Bonchev–Trinajstić information content (AvgIpc) is 3.60. The Morgan fingerprint density at radius 3 is 2.60 bits per heavy atom. The smallest absolute Gasteiger partial charge is 0.235 e. The number of aromatic nitrogens is 1. The first kappa shape index (κ1) is 20.8. The third-order valence-corrected chi connectivity index (χ3v) is 5.97. The zero-order valence-corrected chi connectivity index (χ0v) is 17.4. The molecule has 2 saturated carbocycles. The Morgan fingerprint density at radius 2 is 1.93 bits per heavy atom. The highest BCUT2D eigenvalue weighted by molar-refractivity contribution is 5.93. The molecule has 2 heterocycles. The van der Waals surface area contributed by atoms with Crippen molar-refractivity contribution in [3.05, 3.63) is 23.9 Å². The normalized spacial score (nSPS) is 21.2. The van der Waals surface area contributed by atoms with Gasteiger partial charge in [-0.05, 0) is 37.8 Å². The van der Waals surface area contributed by atoms with Gasteiger partial charge in [0.25, 0.3) is 0 Å². The van der Waals surface area contributed by atoms with Gasteiger partial charge in [-0.25, -0.2) is 4.98 Å². The van der Waals surface area contributed by atoms with Crippen LogP contribution in [0.15, 0.2) is 18.3 Å². The zero-order valence-electron chi connectivity index (χ0n) is 17.4. The van der Waals surface area contributed by atoms with E-state index in [2.05, 4.69) is 32.4 Å². The topological polar surface area (TPSA) is 83.6 Å². The monoisotopic (exact) mass is 410 g/mol. The van der Waals surface area contributed by atoms with Crippen molar-refractivity contribution >= 4 is 17.6 Å². The maximum absolute atomic E-state index is 12.7. The van der Waals surface area contributed by atoms with Crippen molar-refractivity contribution in [1.29, 1.82) is 0 Å². The molecular formula is C23H30N4O3. The van der Waals surface area contributed by atoms with Gasteiger partial charge in [0.2, 0.25) is 11.8 Å². The van der Waals surface area contributed by atoms with E-state index in [-0.39, 0.29) is 17.7 Å². The summed E-state index contributed by atoms with van der Waals surface area (Å²) in [5, 5.41) is 6.07. The molecule has 7 nitrogen and oxygen atoms in total.